The van der Waals surface area contributed by atoms with Gasteiger partial charge in [-0.15, -0.1) is 24.0 Å². The molecule has 1 aromatic rings. The topological polar surface area (TPSA) is 60.0 Å². The van der Waals surface area contributed by atoms with Crippen molar-refractivity contribution in [1.82, 2.24) is 20.4 Å². The van der Waals surface area contributed by atoms with Gasteiger partial charge in [-0.25, -0.2) is 0 Å². The van der Waals surface area contributed by atoms with Crippen LogP contribution >= 0.6 is 24.0 Å². The van der Waals surface area contributed by atoms with Gasteiger partial charge in [0.1, 0.15) is 0 Å². The average molecular weight is 530 g/mol. The summed E-state index contributed by atoms with van der Waals surface area (Å²) in [5.74, 6) is 1.04. The molecule has 0 radical (unpaired) electrons. The molecule has 170 valence electrons. The lowest BCUT2D eigenvalue weighted by Gasteiger charge is -2.29. The van der Waals surface area contributed by atoms with Gasteiger partial charge in [0.05, 0.1) is 12.0 Å². The van der Waals surface area contributed by atoms with E-state index in [-0.39, 0.29) is 35.3 Å². The molecule has 0 atom stereocenters. The fourth-order valence-electron chi connectivity index (χ4n) is 4.07. The Morgan fingerprint density at radius 2 is 1.77 bits per heavy atom. The van der Waals surface area contributed by atoms with Crippen molar-refractivity contribution < 1.29 is 4.79 Å². The van der Waals surface area contributed by atoms with E-state index in [1.54, 1.807) is 4.90 Å². The van der Waals surface area contributed by atoms with Crippen molar-refractivity contribution in [2.24, 2.45) is 10.4 Å². The Kier molecular flexibility index (Phi) is 12.3. The Labute approximate surface area is 199 Å². The maximum atomic E-state index is 12.7. The number of amides is 1. The highest BCUT2D eigenvalue weighted by atomic mass is 127. The van der Waals surface area contributed by atoms with Gasteiger partial charge in [0, 0.05) is 33.7 Å². The summed E-state index contributed by atoms with van der Waals surface area (Å²) in [5.41, 5.74) is 1.02. The van der Waals surface area contributed by atoms with Gasteiger partial charge in [-0.1, -0.05) is 43.2 Å². The van der Waals surface area contributed by atoms with Gasteiger partial charge in [-0.3, -0.25) is 9.79 Å². The van der Waals surface area contributed by atoms with E-state index in [2.05, 4.69) is 59.8 Å². The van der Waals surface area contributed by atoms with Crippen LogP contribution < -0.4 is 10.6 Å². The molecule has 6 nitrogen and oxygen atoms in total. The normalized spacial score (nSPS) is 15.6. The van der Waals surface area contributed by atoms with Crippen LogP contribution in [0.1, 0.15) is 44.6 Å². The molecule has 1 saturated carbocycles. The first kappa shape index (κ1) is 26.7. The highest BCUT2D eigenvalue weighted by Gasteiger charge is 2.42. The lowest BCUT2D eigenvalue weighted by atomic mass is 9.85. The monoisotopic (exact) mass is 529 g/mol. The summed E-state index contributed by atoms with van der Waals surface area (Å²) in [6.07, 6.45) is 5.16. The molecule has 0 bridgehead atoms. The Morgan fingerprint density at radius 3 is 2.37 bits per heavy atom. The number of nitrogens with zero attached hydrogens (tertiary/aromatic N) is 3. The maximum absolute atomic E-state index is 12.7. The van der Waals surface area contributed by atoms with Gasteiger partial charge < -0.3 is 20.4 Å². The molecule has 2 rings (SSSR count). The third-order valence-corrected chi connectivity index (χ3v) is 5.61. The van der Waals surface area contributed by atoms with Crippen LogP contribution in [-0.2, 0) is 11.3 Å². The summed E-state index contributed by atoms with van der Waals surface area (Å²) in [6.45, 7) is 6.29. The number of hydrogen-bond donors (Lipinski definition) is 2. The number of benzene rings is 1. The van der Waals surface area contributed by atoms with Gasteiger partial charge in [-0.05, 0) is 45.3 Å². The Bertz CT molecular complexity index is 644. The van der Waals surface area contributed by atoms with E-state index in [4.69, 9.17) is 4.99 Å². The first-order valence-corrected chi connectivity index (χ1v) is 10.9. The second kappa shape index (κ2) is 13.9. The second-order valence-corrected chi connectivity index (χ2v) is 8.39. The van der Waals surface area contributed by atoms with Crippen LogP contribution in [-0.4, -0.2) is 69.0 Å². The number of aliphatic imine (C=N–C) groups is 1. The van der Waals surface area contributed by atoms with Crippen LogP contribution in [0.25, 0.3) is 0 Å². The zero-order chi connectivity index (χ0) is 21.1. The van der Waals surface area contributed by atoms with Crippen LogP contribution in [0.3, 0.4) is 0 Å². The van der Waals surface area contributed by atoms with Crippen LogP contribution in [0.2, 0.25) is 0 Å². The van der Waals surface area contributed by atoms with Crippen LogP contribution in [0.15, 0.2) is 35.3 Å². The predicted molar refractivity (Wildman–Crippen MR) is 136 cm³/mol. The molecule has 0 aromatic heterocycles. The SMILES string of the molecule is CCNC(=NCC1(C(=O)N(C)C)CCCC1)NCCCN(C)Cc1ccccc1.I. The first-order valence-electron chi connectivity index (χ1n) is 10.9. The third-order valence-electron chi connectivity index (χ3n) is 5.61. The summed E-state index contributed by atoms with van der Waals surface area (Å²) >= 11 is 0. The van der Waals surface area contributed by atoms with Gasteiger partial charge in [-0.2, -0.15) is 0 Å². The van der Waals surface area contributed by atoms with Crippen molar-refractivity contribution in [3.63, 3.8) is 0 Å². The minimum atomic E-state index is -0.318. The number of guanidine groups is 1. The van der Waals surface area contributed by atoms with Crippen LogP contribution in [0.4, 0.5) is 0 Å². The number of hydrogen-bond acceptors (Lipinski definition) is 3. The summed E-state index contributed by atoms with van der Waals surface area (Å²) in [4.78, 5) is 21.6. The molecule has 30 heavy (non-hydrogen) atoms. The van der Waals surface area contributed by atoms with Crippen molar-refractivity contribution in [3.8, 4) is 0 Å². The summed E-state index contributed by atoms with van der Waals surface area (Å²) in [5, 5.41) is 6.76. The van der Waals surface area contributed by atoms with E-state index in [0.29, 0.717) is 6.54 Å². The molecule has 2 N–H and O–H groups in total. The smallest absolute Gasteiger partial charge is 0.230 e. The molecule has 0 spiro atoms. The predicted octanol–water partition coefficient (Wildman–Crippen LogP) is 3.33. The fourth-order valence-corrected chi connectivity index (χ4v) is 4.07. The van der Waals surface area contributed by atoms with E-state index in [9.17, 15) is 4.79 Å². The molecule has 1 aliphatic carbocycles. The van der Waals surface area contributed by atoms with Crippen molar-refractivity contribution in [1.29, 1.82) is 0 Å². The lowest BCUT2D eigenvalue weighted by Crippen LogP contribution is -2.43. The molecule has 0 unspecified atom stereocenters. The highest BCUT2D eigenvalue weighted by molar-refractivity contribution is 14.0. The summed E-state index contributed by atoms with van der Waals surface area (Å²) in [6, 6.07) is 10.6. The van der Waals surface area contributed by atoms with Crippen LogP contribution in [0.5, 0.6) is 0 Å². The summed E-state index contributed by atoms with van der Waals surface area (Å²) in [7, 11) is 5.85. The van der Waals surface area contributed by atoms with Crippen molar-refractivity contribution in [3.05, 3.63) is 35.9 Å². The highest BCUT2D eigenvalue weighted by Crippen LogP contribution is 2.39. The second-order valence-electron chi connectivity index (χ2n) is 8.39. The quantitative estimate of drug-likeness (QED) is 0.211. The average Bonchev–Trinajstić information content (AvgIpc) is 3.19. The molecule has 1 aromatic carbocycles. The third kappa shape index (κ3) is 8.41. The molecule has 1 fully saturated rings. The van der Waals surface area contributed by atoms with E-state index in [1.807, 2.05) is 14.1 Å². The Balaban J connectivity index is 0.00000450. The molecule has 7 heteroatoms. The molecule has 1 aliphatic rings. The molecular weight excluding hydrogens is 489 g/mol. The number of carbonyl (C=O) groups excluding carboxylic acids is 1. The molecule has 1 amide bonds. The lowest BCUT2D eigenvalue weighted by molar-refractivity contribution is -0.138. The fraction of sp³-hybridized carbons (Fsp3) is 0.652. The number of nitrogens with one attached hydrogen (secondary N) is 2. The minimum absolute atomic E-state index is 0. The van der Waals surface area contributed by atoms with E-state index in [0.717, 1.165) is 64.2 Å². The van der Waals surface area contributed by atoms with E-state index >= 15 is 0 Å². The van der Waals surface area contributed by atoms with Gasteiger partial charge in [0.25, 0.3) is 0 Å². The van der Waals surface area contributed by atoms with Gasteiger partial charge in [0.15, 0.2) is 5.96 Å². The largest absolute Gasteiger partial charge is 0.357 e. The summed E-state index contributed by atoms with van der Waals surface area (Å²) < 4.78 is 0. The zero-order valence-corrected chi connectivity index (χ0v) is 21.4. The van der Waals surface area contributed by atoms with Gasteiger partial charge >= 0.3 is 0 Å². The van der Waals surface area contributed by atoms with E-state index < -0.39 is 0 Å². The Morgan fingerprint density at radius 1 is 1.10 bits per heavy atom. The standard InChI is InChI=1S/C23H39N5O.HI/c1-5-24-22(26-19-23(14-9-10-15-23)21(29)27(2)3)25-16-11-17-28(4)18-20-12-7-6-8-13-20;/h6-8,12-13H,5,9-11,14-19H2,1-4H3,(H2,24,25,26);1H. The number of halogens is 1. The first-order chi connectivity index (χ1) is 14.0. The van der Waals surface area contributed by atoms with Crippen molar-refractivity contribution >= 4 is 35.8 Å². The molecule has 0 saturated heterocycles. The Hall–Kier alpha value is -1.35. The van der Waals surface area contributed by atoms with Gasteiger partial charge in [0.2, 0.25) is 5.91 Å². The van der Waals surface area contributed by atoms with Crippen LogP contribution in [0, 0.1) is 5.41 Å². The number of carbonyl (C=O) groups is 1. The minimum Gasteiger partial charge on any atom is -0.357 e. The molecular formula is C23H40IN5O. The molecule has 0 heterocycles. The maximum Gasteiger partial charge on any atom is 0.230 e. The van der Waals surface area contributed by atoms with Crippen molar-refractivity contribution in [2.45, 2.75) is 45.6 Å². The zero-order valence-electron chi connectivity index (χ0n) is 19.1. The number of rotatable bonds is 10. The van der Waals surface area contributed by atoms with E-state index in [1.165, 1.54) is 5.56 Å². The molecule has 0 aliphatic heterocycles. The van der Waals surface area contributed by atoms with Crippen molar-refractivity contribution in [2.75, 3.05) is 47.3 Å².